The van der Waals surface area contributed by atoms with Gasteiger partial charge in [0.2, 0.25) is 0 Å². The number of aromatic hydroxyl groups is 1. The highest BCUT2D eigenvalue weighted by atomic mass is 79.9. The van der Waals surface area contributed by atoms with Crippen LogP contribution in [0.25, 0.3) is 0 Å². The fourth-order valence-corrected chi connectivity index (χ4v) is 3.99. The monoisotopic (exact) mass is 470 g/mol. The molecule has 29 heavy (non-hydrogen) atoms. The first-order chi connectivity index (χ1) is 14.0. The molecule has 3 aromatic rings. The highest BCUT2D eigenvalue weighted by Gasteiger charge is 2.27. The molecule has 2 N–H and O–H groups in total. The topological polar surface area (TPSA) is 53.8 Å². The van der Waals surface area contributed by atoms with Gasteiger partial charge in [0, 0.05) is 33.2 Å². The van der Waals surface area contributed by atoms with Gasteiger partial charge in [-0.3, -0.25) is 10.3 Å². The second-order valence-electron chi connectivity index (χ2n) is 6.88. The molecule has 0 bridgehead atoms. The third-order valence-corrected chi connectivity index (χ3v) is 5.76. The molecule has 148 valence electrons. The molecule has 6 heteroatoms. The van der Waals surface area contributed by atoms with E-state index in [0.717, 1.165) is 32.6 Å². The number of hydrogen-bond donors (Lipinski definition) is 2. The SMILES string of the molecule is COc1ccc(C2=N[C@@H](c3ccc(Cl)cc3)N[C@H](c3cc(Br)ccc3O)C2)cc1. The van der Waals surface area contributed by atoms with Crippen LogP contribution in [0.5, 0.6) is 11.5 Å². The molecule has 0 aromatic heterocycles. The van der Waals surface area contributed by atoms with Gasteiger partial charge >= 0.3 is 0 Å². The summed E-state index contributed by atoms with van der Waals surface area (Å²) < 4.78 is 6.19. The highest BCUT2D eigenvalue weighted by molar-refractivity contribution is 9.10. The Kier molecular flexibility index (Phi) is 5.90. The zero-order valence-electron chi connectivity index (χ0n) is 15.8. The minimum Gasteiger partial charge on any atom is -0.508 e. The number of nitrogens with one attached hydrogen (secondary N) is 1. The summed E-state index contributed by atoms with van der Waals surface area (Å²) in [6, 6.07) is 20.9. The van der Waals surface area contributed by atoms with Crippen LogP contribution in [0.4, 0.5) is 0 Å². The Morgan fingerprint density at radius 2 is 1.79 bits per heavy atom. The van der Waals surface area contributed by atoms with E-state index in [4.69, 9.17) is 21.3 Å². The summed E-state index contributed by atoms with van der Waals surface area (Å²) in [7, 11) is 1.65. The van der Waals surface area contributed by atoms with Gasteiger partial charge in [0.15, 0.2) is 0 Å². The molecule has 0 radical (unpaired) electrons. The van der Waals surface area contributed by atoms with Crippen LogP contribution in [0.1, 0.15) is 35.3 Å². The molecule has 1 aliphatic rings. The Morgan fingerprint density at radius 1 is 1.07 bits per heavy atom. The molecule has 2 atom stereocenters. The molecule has 0 saturated heterocycles. The normalized spacial score (nSPS) is 18.9. The third-order valence-electron chi connectivity index (χ3n) is 5.02. The van der Waals surface area contributed by atoms with E-state index in [1.807, 2.05) is 60.7 Å². The number of aliphatic imine (C=N–C) groups is 1. The van der Waals surface area contributed by atoms with E-state index in [1.165, 1.54) is 0 Å². The average Bonchev–Trinajstić information content (AvgIpc) is 2.75. The lowest BCUT2D eigenvalue weighted by atomic mass is 9.93. The maximum Gasteiger partial charge on any atom is 0.126 e. The summed E-state index contributed by atoms with van der Waals surface area (Å²) in [5.41, 5.74) is 3.85. The molecule has 0 aliphatic carbocycles. The highest BCUT2D eigenvalue weighted by Crippen LogP contribution is 2.36. The summed E-state index contributed by atoms with van der Waals surface area (Å²) >= 11 is 9.57. The van der Waals surface area contributed by atoms with Crippen LogP contribution < -0.4 is 10.1 Å². The molecule has 0 spiro atoms. The molecule has 0 unspecified atom stereocenters. The average molecular weight is 472 g/mol. The van der Waals surface area contributed by atoms with E-state index in [0.29, 0.717) is 11.4 Å². The Hall–Kier alpha value is -2.34. The molecule has 1 aliphatic heterocycles. The van der Waals surface area contributed by atoms with E-state index in [9.17, 15) is 5.11 Å². The summed E-state index contributed by atoms with van der Waals surface area (Å²) in [5.74, 6) is 1.07. The largest absolute Gasteiger partial charge is 0.508 e. The van der Waals surface area contributed by atoms with Gasteiger partial charge in [0.05, 0.1) is 7.11 Å². The van der Waals surface area contributed by atoms with Gasteiger partial charge < -0.3 is 9.84 Å². The Labute approximate surface area is 183 Å². The minimum atomic E-state index is -0.249. The van der Waals surface area contributed by atoms with Gasteiger partial charge in [-0.25, -0.2) is 0 Å². The molecule has 4 rings (SSSR count). The standard InChI is InChI=1S/C23H20BrClN2O2/c1-29-18-9-4-14(5-10-18)20-13-21(19-12-16(24)6-11-22(19)28)27-23(26-20)15-2-7-17(25)8-3-15/h2-12,21,23,27-28H,13H2,1H3/t21-,23+/m0/s1. The summed E-state index contributed by atoms with van der Waals surface area (Å²) in [6.45, 7) is 0. The lowest BCUT2D eigenvalue weighted by molar-refractivity contribution is 0.412. The van der Waals surface area contributed by atoms with E-state index in [1.54, 1.807) is 13.2 Å². The predicted molar refractivity (Wildman–Crippen MR) is 120 cm³/mol. The number of nitrogens with zero attached hydrogens (tertiary/aromatic N) is 1. The quantitative estimate of drug-likeness (QED) is 0.488. The smallest absolute Gasteiger partial charge is 0.126 e. The van der Waals surface area contributed by atoms with Crippen molar-refractivity contribution in [3.05, 3.63) is 92.9 Å². The van der Waals surface area contributed by atoms with Crippen molar-refractivity contribution < 1.29 is 9.84 Å². The molecule has 3 aromatic carbocycles. The summed E-state index contributed by atoms with van der Waals surface area (Å²) in [6.07, 6.45) is 0.405. The number of phenolic OH excluding ortho intramolecular Hbond substituents is 1. The van der Waals surface area contributed by atoms with Crippen molar-refractivity contribution in [2.75, 3.05) is 7.11 Å². The van der Waals surface area contributed by atoms with Crippen LogP contribution in [0, 0.1) is 0 Å². The van der Waals surface area contributed by atoms with Crippen LogP contribution in [0.3, 0.4) is 0 Å². The molecule has 1 heterocycles. The van der Waals surface area contributed by atoms with Gasteiger partial charge in [0.1, 0.15) is 17.7 Å². The van der Waals surface area contributed by atoms with Crippen molar-refractivity contribution in [2.24, 2.45) is 4.99 Å². The fraction of sp³-hybridized carbons (Fsp3) is 0.174. The second-order valence-corrected chi connectivity index (χ2v) is 8.24. The van der Waals surface area contributed by atoms with E-state index in [2.05, 4.69) is 21.2 Å². The van der Waals surface area contributed by atoms with Crippen molar-refractivity contribution in [2.45, 2.75) is 18.6 Å². The predicted octanol–water partition coefficient (Wildman–Crippen LogP) is 6.04. The van der Waals surface area contributed by atoms with E-state index < -0.39 is 0 Å². The van der Waals surface area contributed by atoms with Crippen molar-refractivity contribution in [1.82, 2.24) is 5.32 Å². The number of phenols is 1. The summed E-state index contributed by atoms with van der Waals surface area (Å²) in [4.78, 5) is 4.96. The zero-order chi connectivity index (χ0) is 20.4. The number of benzene rings is 3. The zero-order valence-corrected chi connectivity index (χ0v) is 18.1. The Morgan fingerprint density at radius 3 is 2.48 bits per heavy atom. The molecule has 4 nitrogen and oxygen atoms in total. The first kappa shape index (κ1) is 20.0. The number of halogens is 2. The van der Waals surface area contributed by atoms with Crippen molar-refractivity contribution >= 4 is 33.2 Å². The van der Waals surface area contributed by atoms with Crippen LogP contribution in [0.2, 0.25) is 5.02 Å². The van der Waals surface area contributed by atoms with E-state index >= 15 is 0 Å². The Balaban J connectivity index is 1.75. The first-order valence-electron chi connectivity index (χ1n) is 9.24. The Bertz CT molecular complexity index is 1040. The van der Waals surface area contributed by atoms with Crippen LogP contribution in [-0.4, -0.2) is 17.9 Å². The minimum absolute atomic E-state index is 0.0946. The number of hydrogen-bond acceptors (Lipinski definition) is 4. The number of methoxy groups -OCH3 is 1. The summed E-state index contributed by atoms with van der Waals surface area (Å²) in [5, 5.41) is 14.7. The van der Waals surface area contributed by atoms with Crippen LogP contribution >= 0.6 is 27.5 Å². The van der Waals surface area contributed by atoms with Crippen LogP contribution in [-0.2, 0) is 0 Å². The lowest BCUT2D eigenvalue weighted by Gasteiger charge is -2.31. The maximum atomic E-state index is 10.5. The lowest BCUT2D eigenvalue weighted by Crippen LogP contribution is -2.33. The van der Waals surface area contributed by atoms with E-state index in [-0.39, 0.29) is 18.0 Å². The number of rotatable bonds is 4. The molecular formula is C23H20BrClN2O2. The second kappa shape index (κ2) is 8.57. The van der Waals surface area contributed by atoms with Gasteiger partial charge in [0.25, 0.3) is 0 Å². The molecule has 0 amide bonds. The fourth-order valence-electron chi connectivity index (χ4n) is 3.48. The molecule has 0 fully saturated rings. The molecular weight excluding hydrogens is 452 g/mol. The number of ether oxygens (including phenoxy) is 1. The van der Waals surface area contributed by atoms with Crippen molar-refractivity contribution in [1.29, 1.82) is 0 Å². The van der Waals surface area contributed by atoms with Gasteiger partial charge in [-0.2, -0.15) is 0 Å². The first-order valence-corrected chi connectivity index (χ1v) is 10.4. The molecule has 0 saturated carbocycles. The van der Waals surface area contributed by atoms with Crippen LogP contribution in [0.15, 0.2) is 76.2 Å². The van der Waals surface area contributed by atoms with Gasteiger partial charge in [-0.15, -0.1) is 0 Å². The maximum absolute atomic E-state index is 10.5. The van der Waals surface area contributed by atoms with Crippen molar-refractivity contribution in [3.8, 4) is 11.5 Å². The van der Waals surface area contributed by atoms with Crippen molar-refractivity contribution in [3.63, 3.8) is 0 Å². The van der Waals surface area contributed by atoms with Gasteiger partial charge in [-0.05, 0) is 65.7 Å². The third kappa shape index (κ3) is 4.47. The van der Waals surface area contributed by atoms with Gasteiger partial charge in [-0.1, -0.05) is 39.7 Å².